The lowest BCUT2D eigenvalue weighted by molar-refractivity contribution is -0.137. The second-order valence-electron chi connectivity index (χ2n) is 8.56. The molecule has 0 heterocycles. The van der Waals surface area contributed by atoms with Gasteiger partial charge in [-0.15, -0.1) is 0 Å². The molecule has 0 aromatic carbocycles. The fourth-order valence-electron chi connectivity index (χ4n) is 3.60. The topological polar surface area (TPSA) is 37.3 Å². The van der Waals surface area contributed by atoms with Crippen LogP contribution in [0.2, 0.25) is 0 Å². The Bertz CT molecular complexity index is 434. The molecule has 0 saturated carbocycles. The number of aliphatic carboxylic acids is 1. The highest BCUT2D eigenvalue weighted by atomic mass is 16.4. The van der Waals surface area contributed by atoms with Crippen LogP contribution in [0.3, 0.4) is 0 Å². The fraction of sp³-hybridized carbons (Fsp3) is 0.750. The van der Waals surface area contributed by atoms with Crippen LogP contribution in [0.15, 0.2) is 36.5 Å². The second-order valence-corrected chi connectivity index (χ2v) is 8.56. The molecule has 0 aliphatic heterocycles. The van der Waals surface area contributed by atoms with E-state index in [1.807, 2.05) is 0 Å². The van der Waals surface area contributed by atoms with Crippen LogP contribution in [0.25, 0.3) is 0 Å². The first kappa shape index (κ1) is 28.7. The Balaban J connectivity index is 3.25. The maximum atomic E-state index is 10.4. The molecule has 0 saturated heterocycles. The van der Waals surface area contributed by atoms with E-state index >= 15 is 0 Å². The van der Waals surface area contributed by atoms with Gasteiger partial charge in [-0.05, 0) is 44.9 Å². The molecule has 1 N–H and O–H groups in total. The monoisotopic (exact) mass is 418 g/mol. The first-order valence-electron chi connectivity index (χ1n) is 12.9. The lowest BCUT2D eigenvalue weighted by Crippen LogP contribution is -1.93. The van der Waals surface area contributed by atoms with Crippen LogP contribution < -0.4 is 0 Å². The summed E-state index contributed by atoms with van der Waals surface area (Å²) in [5.74, 6) is -0.667. The van der Waals surface area contributed by atoms with Gasteiger partial charge in [0.25, 0.3) is 0 Å². The Kier molecular flexibility index (Phi) is 24.6. The number of rotatable bonds is 23. The van der Waals surface area contributed by atoms with Gasteiger partial charge < -0.3 is 5.11 Å². The van der Waals surface area contributed by atoms with Gasteiger partial charge in [0.2, 0.25) is 0 Å². The summed E-state index contributed by atoms with van der Waals surface area (Å²) < 4.78 is 0. The van der Waals surface area contributed by atoms with Crippen molar-refractivity contribution in [2.45, 2.75) is 135 Å². The van der Waals surface area contributed by atoms with E-state index in [4.69, 9.17) is 5.11 Å². The lowest BCUT2D eigenvalue weighted by Gasteiger charge is -2.00. The second kappa shape index (κ2) is 25.7. The van der Waals surface area contributed by atoms with Crippen LogP contribution >= 0.6 is 0 Å². The smallest absolute Gasteiger partial charge is 0.303 e. The molecule has 0 fully saturated rings. The third-order valence-electron chi connectivity index (χ3n) is 5.53. The van der Waals surface area contributed by atoms with Gasteiger partial charge in [-0.25, -0.2) is 0 Å². The molecule has 0 aliphatic rings. The number of hydrogen-bond donors (Lipinski definition) is 1. The summed E-state index contributed by atoms with van der Waals surface area (Å²) >= 11 is 0. The molecule has 2 nitrogen and oxygen atoms in total. The summed E-state index contributed by atoms with van der Waals surface area (Å²) in [6.45, 7) is 2.28. The highest BCUT2D eigenvalue weighted by molar-refractivity contribution is 5.66. The number of carboxylic acid groups (broad SMARTS) is 1. The Hall–Kier alpha value is -1.31. The Labute approximate surface area is 187 Å². The molecule has 0 amide bonds. The molecule has 0 rings (SSSR count). The predicted molar refractivity (Wildman–Crippen MR) is 133 cm³/mol. The molecule has 0 spiro atoms. The summed E-state index contributed by atoms with van der Waals surface area (Å²) in [7, 11) is 0. The molecule has 0 aromatic rings. The van der Waals surface area contributed by atoms with Crippen molar-refractivity contribution in [1.29, 1.82) is 0 Å². The van der Waals surface area contributed by atoms with Gasteiger partial charge in [0.1, 0.15) is 0 Å². The average molecular weight is 419 g/mol. The van der Waals surface area contributed by atoms with Crippen molar-refractivity contribution >= 4 is 5.97 Å². The van der Waals surface area contributed by atoms with E-state index < -0.39 is 5.97 Å². The van der Waals surface area contributed by atoms with Crippen molar-refractivity contribution in [3.63, 3.8) is 0 Å². The highest BCUT2D eigenvalue weighted by Crippen LogP contribution is 2.11. The number of allylic oxidation sites excluding steroid dienone is 6. The van der Waals surface area contributed by atoms with E-state index in [1.54, 1.807) is 0 Å². The van der Waals surface area contributed by atoms with E-state index in [0.29, 0.717) is 6.42 Å². The van der Waals surface area contributed by atoms with Crippen molar-refractivity contribution in [3.05, 3.63) is 36.5 Å². The van der Waals surface area contributed by atoms with Gasteiger partial charge in [0, 0.05) is 6.42 Å². The fourth-order valence-corrected chi connectivity index (χ4v) is 3.60. The Morgan fingerprint density at radius 1 is 0.533 bits per heavy atom. The summed E-state index contributed by atoms with van der Waals surface area (Å²) in [6.07, 6.45) is 38.1. The van der Waals surface area contributed by atoms with Crippen LogP contribution in [0, 0.1) is 0 Å². The zero-order chi connectivity index (χ0) is 22.0. The minimum Gasteiger partial charge on any atom is -0.481 e. The van der Waals surface area contributed by atoms with Crippen molar-refractivity contribution in [2.75, 3.05) is 0 Å². The van der Waals surface area contributed by atoms with Crippen molar-refractivity contribution in [3.8, 4) is 0 Å². The molecular weight excluding hydrogens is 368 g/mol. The SMILES string of the molecule is CCCCCCCCCCCC=CCC=CCC=CCCCCCCCCC(=O)O. The largest absolute Gasteiger partial charge is 0.481 e. The van der Waals surface area contributed by atoms with Crippen molar-refractivity contribution in [1.82, 2.24) is 0 Å². The van der Waals surface area contributed by atoms with Gasteiger partial charge in [0.15, 0.2) is 0 Å². The van der Waals surface area contributed by atoms with E-state index in [-0.39, 0.29) is 0 Å². The molecule has 30 heavy (non-hydrogen) atoms. The van der Waals surface area contributed by atoms with Crippen LogP contribution in [-0.2, 0) is 4.79 Å². The maximum absolute atomic E-state index is 10.4. The third-order valence-corrected chi connectivity index (χ3v) is 5.53. The van der Waals surface area contributed by atoms with Crippen molar-refractivity contribution in [2.24, 2.45) is 0 Å². The average Bonchev–Trinajstić information content (AvgIpc) is 2.73. The maximum Gasteiger partial charge on any atom is 0.303 e. The summed E-state index contributed by atoms with van der Waals surface area (Å²) in [5, 5.41) is 8.58. The zero-order valence-corrected chi connectivity index (χ0v) is 20.0. The highest BCUT2D eigenvalue weighted by Gasteiger charge is 1.96. The van der Waals surface area contributed by atoms with Gasteiger partial charge in [-0.1, -0.05) is 120 Å². The van der Waals surface area contributed by atoms with Crippen LogP contribution in [-0.4, -0.2) is 11.1 Å². The molecular formula is C28H50O2. The standard InChI is InChI=1S/C28H50O2/c1-2-3-4-5-6-7-8-9-10-11-12-13-14-15-16-17-18-19-20-21-22-23-24-25-26-27-28(29)30/h12-13,15-16,18-19H,2-11,14,17,20-27H2,1H3,(H,29,30). The van der Waals surface area contributed by atoms with E-state index in [9.17, 15) is 4.79 Å². The predicted octanol–water partition coefficient (Wildman–Crippen LogP) is 9.56. The zero-order valence-electron chi connectivity index (χ0n) is 20.0. The Morgan fingerprint density at radius 3 is 1.33 bits per heavy atom. The third kappa shape index (κ3) is 26.7. The minimum absolute atomic E-state index is 0.325. The van der Waals surface area contributed by atoms with Gasteiger partial charge in [-0.2, -0.15) is 0 Å². The summed E-state index contributed by atoms with van der Waals surface area (Å²) in [5.41, 5.74) is 0. The number of unbranched alkanes of at least 4 members (excludes halogenated alkanes) is 15. The molecule has 0 bridgehead atoms. The Morgan fingerprint density at radius 2 is 0.900 bits per heavy atom. The van der Waals surface area contributed by atoms with Crippen LogP contribution in [0.5, 0.6) is 0 Å². The van der Waals surface area contributed by atoms with Gasteiger partial charge in [0.05, 0.1) is 0 Å². The molecule has 0 aromatic heterocycles. The van der Waals surface area contributed by atoms with Crippen LogP contribution in [0.1, 0.15) is 135 Å². The molecule has 0 aliphatic carbocycles. The molecule has 0 unspecified atom stereocenters. The van der Waals surface area contributed by atoms with E-state index in [0.717, 1.165) is 25.7 Å². The van der Waals surface area contributed by atoms with E-state index in [1.165, 1.54) is 96.3 Å². The quantitative estimate of drug-likeness (QED) is 0.132. The molecule has 0 radical (unpaired) electrons. The first-order chi connectivity index (χ1) is 14.8. The van der Waals surface area contributed by atoms with Crippen molar-refractivity contribution < 1.29 is 9.90 Å². The summed E-state index contributed by atoms with van der Waals surface area (Å²) in [4.78, 5) is 10.4. The molecule has 0 atom stereocenters. The van der Waals surface area contributed by atoms with Gasteiger partial charge in [-0.3, -0.25) is 4.79 Å². The summed E-state index contributed by atoms with van der Waals surface area (Å²) in [6, 6.07) is 0. The number of carboxylic acids is 1. The number of hydrogen-bond acceptors (Lipinski definition) is 1. The van der Waals surface area contributed by atoms with E-state index in [2.05, 4.69) is 43.4 Å². The number of carbonyl (C=O) groups is 1. The molecule has 174 valence electrons. The minimum atomic E-state index is -0.667. The normalized spacial score (nSPS) is 12.0. The van der Waals surface area contributed by atoms with Gasteiger partial charge >= 0.3 is 5.97 Å². The molecule has 2 heteroatoms. The van der Waals surface area contributed by atoms with Crippen LogP contribution in [0.4, 0.5) is 0 Å². The first-order valence-corrected chi connectivity index (χ1v) is 12.9. The lowest BCUT2D eigenvalue weighted by atomic mass is 10.1.